The van der Waals surface area contributed by atoms with Crippen molar-refractivity contribution in [1.82, 2.24) is 5.32 Å². The Hall–Kier alpha value is -0.860. The second-order valence-electron chi connectivity index (χ2n) is 4.49. The topological polar surface area (TPSA) is 46.2 Å². The van der Waals surface area contributed by atoms with Crippen molar-refractivity contribution >= 4 is 11.7 Å². The average Bonchev–Trinajstić information content (AvgIpc) is 2.09. The lowest BCUT2D eigenvalue weighted by atomic mass is 9.85. The summed E-state index contributed by atoms with van der Waals surface area (Å²) in [5.41, 5.74) is -0.0866. The van der Waals surface area contributed by atoms with E-state index >= 15 is 0 Å². The molecular formula is C10H17NO2. The number of ketones is 1. The number of carbonyl (C=O) groups is 2. The van der Waals surface area contributed by atoms with Gasteiger partial charge in [0, 0.05) is 13.0 Å². The molecule has 1 aliphatic heterocycles. The fourth-order valence-electron chi connectivity index (χ4n) is 1.67. The number of amides is 1. The van der Waals surface area contributed by atoms with Crippen LogP contribution < -0.4 is 5.32 Å². The van der Waals surface area contributed by atoms with E-state index in [9.17, 15) is 9.59 Å². The number of nitrogens with one attached hydrogen (secondary N) is 1. The summed E-state index contributed by atoms with van der Waals surface area (Å²) in [5.74, 6) is -0.428. The molecule has 0 aromatic rings. The summed E-state index contributed by atoms with van der Waals surface area (Å²) in [6.45, 7) is 6.49. The van der Waals surface area contributed by atoms with Gasteiger partial charge in [-0.3, -0.25) is 9.59 Å². The molecule has 1 unspecified atom stereocenters. The van der Waals surface area contributed by atoms with Crippen LogP contribution in [0.2, 0.25) is 0 Å². The largest absolute Gasteiger partial charge is 0.355 e. The van der Waals surface area contributed by atoms with E-state index in [0.29, 0.717) is 19.4 Å². The monoisotopic (exact) mass is 183 g/mol. The minimum atomic E-state index is -0.415. The minimum absolute atomic E-state index is 0.0856. The summed E-state index contributed by atoms with van der Waals surface area (Å²) >= 11 is 0. The Morgan fingerprint density at radius 2 is 2.08 bits per heavy atom. The Kier molecular flexibility index (Phi) is 2.74. The van der Waals surface area contributed by atoms with Crippen LogP contribution in [0, 0.1) is 11.3 Å². The molecule has 1 atom stereocenters. The van der Waals surface area contributed by atoms with Crippen LogP contribution in [-0.4, -0.2) is 18.2 Å². The second-order valence-corrected chi connectivity index (χ2v) is 4.49. The number of hydrogen-bond donors (Lipinski definition) is 1. The van der Waals surface area contributed by atoms with Gasteiger partial charge in [0.1, 0.15) is 5.78 Å². The number of hydrogen-bond acceptors (Lipinski definition) is 2. The van der Waals surface area contributed by atoms with E-state index in [4.69, 9.17) is 0 Å². The molecular weight excluding hydrogens is 166 g/mol. The zero-order valence-electron chi connectivity index (χ0n) is 8.52. The summed E-state index contributed by atoms with van der Waals surface area (Å²) in [6, 6.07) is 0. The highest BCUT2D eigenvalue weighted by Crippen LogP contribution is 2.25. The lowest BCUT2D eigenvalue weighted by Crippen LogP contribution is -2.33. The molecule has 0 aromatic heterocycles. The molecule has 1 aliphatic rings. The maximum absolute atomic E-state index is 11.6. The Labute approximate surface area is 78.9 Å². The molecule has 0 radical (unpaired) electrons. The summed E-state index contributed by atoms with van der Waals surface area (Å²) in [6.07, 6.45) is 1.12. The average molecular weight is 183 g/mol. The van der Waals surface area contributed by atoms with Crippen molar-refractivity contribution in [3.63, 3.8) is 0 Å². The van der Waals surface area contributed by atoms with Crippen LogP contribution in [-0.2, 0) is 9.59 Å². The summed E-state index contributed by atoms with van der Waals surface area (Å²) in [4.78, 5) is 23.0. The van der Waals surface area contributed by atoms with Gasteiger partial charge >= 0.3 is 0 Å². The third-order valence-electron chi connectivity index (χ3n) is 2.51. The Morgan fingerprint density at radius 1 is 1.46 bits per heavy atom. The van der Waals surface area contributed by atoms with Crippen molar-refractivity contribution in [2.24, 2.45) is 11.3 Å². The first-order chi connectivity index (χ1) is 5.96. The van der Waals surface area contributed by atoms with E-state index < -0.39 is 5.92 Å². The summed E-state index contributed by atoms with van der Waals surface area (Å²) in [5, 5.41) is 2.81. The van der Waals surface area contributed by atoms with E-state index in [-0.39, 0.29) is 17.1 Å². The fourth-order valence-corrected chi connectivity index (χ4v) is 1.67. The Balaban J connectivity index is 2.81. The van der Waals surface area contributed by atoms with Crippen molar-refractivity contribution < 1.29 is 9.59 Å². The van der Waals surface area contributed by atoms with E-state index in [1.807, 2.05) is 20.8 Å². The molecule has 0 spiro atoms. The predicted octanol–water partition coefficient (Wildman–Crippen LogP) is 1.13. The molecule has 0 saturated carbocycles. The lowest BCUT2D eigenvalue weighted by Gasteiger charge is -2.20. The second kappa shape index (κ2) is 3.48. The highest BCUT2D eigenvalue weighted by atomic mass is 16.2. The molecule has 1 saturated heterocycles. The van der Waals surface area contributed by atoms with E-state index in [2.05, 4.69) is 5.32 Å². The first-order valence-electron chi connectivity index (χ1n) is 4.77. The molecule has 1 heterocycles. The normalized spacial score (nSPS) is 28.1. The summed E-state index contributed by atoms with van der Waals surface area (Å²) in [7, 11) is 0. The fraction of sp³-hybridized carbons (Fsp3) is 0.800. The molecule has 13 heavy (non-hydrogen) atoms. The SMILES string of the molecule is CCC1C(=O)CC(C)(C)CNC1=O. The van der Waals surface area contributed by atoms with Crippen molar-refractivity contribution in [2.45, 2.75) is 33.6 Å². The first-order valence-corrected chi connectivity index (χ1v) is 4.77. The molecule has 1 rings (SSSR count). The zero-order chi connectivity index (χ0) is 10.1. The molecule has 0 aliphatic carbocycles. The van der Waals surface area contributed by atoms with Crippen molar-refractivity contribution in [2.75, 3.05) is 6.54 Å². The van der Waals surface area contributed by atoms with Gasteiger partial charge in [-0.2, -0.15) is 0 Å². The van der Waals surface area contributed by atoms with Gasteiger partial charge in [0.05, 0.1) is 5.92 Å². The maximum Gasteiger partial charge on any atom is 0.230 e. The molecule has 3 heteroatoms. The van der Waals surface area contributed by atoms with E-state index in [1.165, 1.54) is 0 Å². The van der Waals surface area contributed by atoms with Gasteiger partial charge in [-0.25, -0.2) is 0 Å². The molecule has 1 N–H and O–H groups in total. The van der Waals surface area contributed by atoms with Gasteiger partial charge in [-0.1, -0.05) is 20.8 Å². The van der Waals surface area contributed by atoms with Crippen molar-refractivity contribution in [1.29, 1.82) is 0 Å². The standard InChI is InChI=1S/C10H17NO2/c1-4-7-8(12)5-10(2,3)6-11-9(7)13/h7H,4-6H2,1-3H3,(H,11,13). The highest BCUT2D eigenvalue weighted by Gasteiger charge is 2.34. The van der Waals surface area contributed by atoms with Crippen molar-refractivity contribution in [3.05, 3.63) is 0 Å². The molecule has 0 bridgehead atoms. The summed E-state index contributed by atoms with van der Waals surface area (Å²) < 4.78 is 0. The predicted molar refractivity (Wildman–Crippen MR) is 50.2 cm³/mol. The maximum atomic E-state index is 11.6. The van der Waals surface area contributed by atoms with Crippen LogP contribution in [0.1, 0.15) is 33.6 Å². The molecule has 1 fully saturated rings. The lowest BCUT2D eigenvalue weighted by molar-refractivity contribution is -0.133. The molecule has 3 nitrogen and oxygen atoms in total. The van der Waals surface area contributed by atoms with Gasteiger partial charge in [-0.05, 0) is 11.8 Å². The highest BCUT2D eigenvalue weighted by molar-refractivity contribution is 6.02. The number of Topliss-reactive ketones (excluding diaryl/α,β-unsaturated/α-hetero) is 1. The van der Waals surface area contributed by atoms with Crippen LogP contribution in [0.15, 0.2) is 0 Å². The van der Waals surface area contributed by atoms with Crippen LogP contribution in [0.3, 0.4) is 0 Å². The van der Waals surface area contributed by atoms with E-state index in [0.717, 1.165) is 0 Å². The van der Waals surface area contributed by atoms with Gasteiger partial charge in [0.2, 0.25) is 5.91 Å². The molecule has 0 aromatic carbocycles. The van der Waals surface area contributed by atoms with Crippen LogP contribution >= 0.6 is 0 Å². The molecule has 74 valence electrons. The quantitative estimate of drug-likeness (QED) is 0.619. The number of carbonyl (C=O) groups excluding carboxylic acids is 2. The van der Waals surface area contributed by atoms with Crippen LogP contribution in [0.25, 0.3) is 0 Å². The van der Waals surface area contributed by atoms with E-state index in [1.54, 1.807) is 0 Å². The zero-order valence-corrected chi connectivity index (χ0v) is 8.52. The van der Waals surface area contributed by atoms with Gasteiger partial charge in [-0.15, -0.1) is 0 Å². The third kappa shape index (κ3) is 2.29. The van der Waals surface area contributed by atoms with Gasteiger partial charge in [0.25, 0.3) is 0 Å². The Morgan fingerprint density at radius 3 is 2.62 bits per heavy atom. The van der Waals surface area contributed by atoms with Gasteiger partial charge < -0.3 is 5.32 Å². The molecule has 1 amide bonds. The Bertz CT molecular complexity index is 233. The van der Waals surface area contributed by atoms with Crippen LogP contribution in [0.5, 0.6) is 0 Å². The third-order valence-corrected chi connectivity index (χ3v) is 2.51. The smallest absolute Gasteiger partial charge is 0.230 e. The van der Waals surface area contributed by atoms with Gasteiger partial charge in [0.15, 0.2) is 0 Å². The minimum Gasteiger partial charge on any atom is -0.355 e. The number of rotatable bonds is 1. The first kappa shape index (κ1) is 10.2. The van der Waals surface area contributed by atoms with Crippen LogP contribution in [0.4, 0.5) is 0 Å². The van der Waals surface area contributed by atoms with Crippen molar-refractivity contribution in [3.8, 4) is 0 Å².